The van der Waals surface area contributed by atoms with Gasteiger partial charge in [-0.1, -0.05) is 12.1 Å². The number of benzene rings is 1. The number of rotatable bonds is 4. The highest BCUT2D eigenvalue weighted by Crippen LogP contribution is 2.38. The van der Waals surface area contributed by atoms with Crippen LogP contribution in [0.25, 0.3) is 0 Å². The summed E-state index contributed by atoms with van der Waals surface area (Å²) in [7, 11) is 0. The van der Waals surface area contributed by atoms with Crippen molar-refractivity contribution >= 4 is 0 Å². The summed E-state index contributed by atoms with van der Waals surface area (Å²) >= 11 is 0. The van der Waals surface area contributed by atoms with Crippen LogP contribution in [0.3, 0.4) is 0 Å². The van der Waals surface area contributed by atoms with Crippen molar-refractivity contribution in [2.75, 3.05) is 0 Å². The molecule has 19 heavy (non-hydrogen) atoms. The smallest absolute Gasteiger partial charge is 0.123 e. The van der Waals surface area contributed by atoms with Gasteiger partial charge in [0.05, 0.1) is 12.3 Å². The van der Waals surface area contributed by atoms with E-state index in [1.165, 1.54) is 6.07 Å². The number of hydrogen-bond acceptors (Lipinski definition) is 2. The molecule has 0 amide bonds. The number of halogens is 1. The molecule has 1 atom stereocenters. The molecule has 0 saturated heterocycles. The monoisotopic (exact) mass is 259 g/mol. The standard InChI is InChI=1S/C16H18FNO/c1-11(16-6-3-7-19-16)18-15-9-13(10-15)12-4-2-5-14(17)8-12/h2-8,11,13,15,18H,9-10H2,1H3. The van der Waals surface area contributed by atoms with Crippen molar-refractivity contribution in [3.05, 3.63) is 59.8 Å². The van der Waals surface area contributed by atoms with Crippen molar-refractivity contribution in [1.29, 1.82) is 0 Å². The second-order valence-corrected chi connectivity index (χ2v) is 5.32. The summed E-state index contributed by atoms with van der Waals surface area (Å²) in [4.78, 5) is 0. The van der Waals surface area contributed by atoms with Crippen LogP contribution in [-0.4, -0.2) is 6.04 Å². The summed E-state index contributed by atoms with van der Waals surface area (Å²) in [5.74, 6) is 1.31. The molecule has 0 spiro atoms. The van der Waals surface area contributed by atoms with Gasteiger partial charge in [0, 0.05) is 6.04 Å². The fourth-order valence-electron chi connectivity index (χ4n) is 2.76. The Hall–Kier alpha value is -1.61. The minimum Gasteiger partial charge on any atom is -0.468 e. The van der Waals surface area contributed by atoms with E-state index in [0.717, 1.165) is 24.2 Å². The van der Waals surface area contributed by atoms with Gasteiger partial charge in [0.25, 0.3) is 0 Å². The van der Waals surface area contributed by atoms with E-state index in [9.17, 15) is 4.39 Å². The van der Waals surface area contributed by atoms with Crippen LogP contribution >= 0.6 is 0 Å². The Labute approximate surface area is 112 Å². The third kappa shape index (κ3) is 2.71. The van der Waals surface area contributed by atoms with E-state index in [-0.39, 0.29) is 11.9 Å². The van der Waals surface area contributed by atoms with E-state index in [1.54, 1.807) is 18.4 Å². The first-order valence-corrected chi connectivity index (χ1v) is 6.77. The maximum Gasteiger partial charge on any atom is 0.123 e. The first-order valence-electron chi connectivity index (χ1n) is 6.77. The van der Waals surface area contributed by atoms with Crippen molar-refractivity contribution in [1.82, 2.24) is 5.32 Å². The average molecular weight is 259 g/mol. The predicted molar refractivity (Wildman–Crippen MR) is 72.4 cm³/mol. The maximum absolute atomic E-state index is 13.2. The van der Waals surface area contributed by atoms with Gasteiger partial charge in [0.1, 0.15) is 11.6 Å². The maximum atomic E-state index is 13.2. The van der Waals surface area contributed by atoms with Gasteiger partial charge >= 0.3 is 0 Å². The molecule has 1 aromatic carbocycles. The van der Waals surface area contributed by atoms with Crippen LogP contribution in [0.2, 0.25) is 0 Å². The zero-order valence-electron chi connectivity index (χ0n) is 11.0. The number of furan rings is 1. The molecule has 3 rings (SSSR count). The Bertz CT molecular complexity index is 531. The topological polar surface area (TPSA) is 25.2 Å². The molecule has 2 aromatic rings. The fraction of sp³-hybridized carbons (Fsp3) is 0.375. The van der Waals surface area contributed by atoms with Crippen molar-refractivity contribution < 1.29 is 8.81 Å². The fourth-order valence-corrected chi connectivity index (χ4v) is 2.76. The molecule has 1 aliphatic rings. The molecule has 1 heterocycles. The highest BCUT2D eigenvalue weighted by Gasteiger charge is 2.31. The van der Waals surface area contributed by atoms with Gasteiger partial charge in [-0.05, 0) is 55.5 Å². The lowest BCUT2D eigenvalue weighted by molar-refractivity contribution is 0.258. The zero-order valence-corrected chi connectivity index (χ0v) is 11.0. The van der Waals surface area contributed by atoms with Gasteiger partial charge in [-0.2, -0.15) is 0 Å². The van der Waals surface area contributed by atoms with Gasteiger partial charge in [-0.3, -0.25) is 0 Å². The summed E-state index contributed by atoms with van der Waals surface area (Å²) in [6.45, 7) is 2.11. The molecular formula is C16H18FNO. The first-order chi connectivity index (χ1) is 9.22. The molecule has 100 valence electrons. The summed E-state index contributed by atoms with van der Waals surface area (Å²) in [6, 6.07) is 11.6. The van der Waals surface area contributed by atoms with Gasteiger partial charge in [-0.15, -0.1) is 0 Å². The van der Waals surface area contributed by atoms with Crippen LogP contribution in [0.1, 0.15) is 43.0 Å². The van der Waals surface area contributed by atoms with Gasteiger partial charge < -0.3 is 9.73 Å². The molecule has 2 nitrogen and oxygen atoms in total. The van der Waals surface area contributed by atoms with Crippen LogP contribution in [0.4, 0.5) is 4.39 Å². The summed E-state index contributed by atoms with van der Waals surface area (Å²) in [5.41, 5.74) is 1.11. The first kappa shape index (κ1) is 12.4. The van der Waals surface area contributed by atoms with Gasteiger partial charge in [-0.25, -0.2) is 4.39 Å². The normalized spacial score (nSPS) is 23.9. The Balaban J connectivity index is 1.53. The van der Waals surface area contributed by atoms with Crippen molar-refractivity contribution in [2.45, 2.75) is 37.8 Å². The minimum atomic E-state index is -0.141. The van der Waals surface area contributed by atoms with Crippen molar-refractivity contribution in [2.24, 2.45) is 0 Å². The zero-order chi connectivity index (χ0) is 13.2. The van der Waals surface area contributed by atoms with Crippen molar-refractivity contribution in [3.63, 3.8) is 0 Å². The number of hydrogen-bond donors (Lipinski definition) is 1. The quantitative estimate of drug-likeness (QED) is 0.897. The van der Waals surface area contributed by atoms with E-state index >= 15 is 0 Å². The lowest BCUT2D eigenvalue weighted by Crippen LogP contribution is -2.41. The molecule has 0 radical (unpaired) electrons. The largest absolute Gasteiger partial charge is 0.468 e. The molecule has 1 aromatic heterocycles. The molecule has 0 bridgehead atoms. The molecule has 1 N–H and O–H groups in total. The Kier molecular flexibility index (Phi) is 3.38. The van der Waals surface area contributed by atoms with E-state index in [4.69, 9.17) is 4.42 Å². The Morgan fingerprint density at radius 3 is 2.79 bits per heavy atom. The van der Waals surface area contributed by atoms with Crippen LogP contribution in [0.5, 0.6) is 0 Å². The summed E-state index contributed by atoms with van der Waals surface area (Å²) in [6.07, 6.45) is 3.83. The predicted octanol–water partition coefficient (Wildman–Crippen LogP) is 4.02. The van der Waals surface area contributed by atoms with E-state index in [0.29, 0.717) is 12.0 Å². The Morgan fingerprint density at radius 1 is 1.26 bits per heavy atom. The molecule has 1 saturated carbocycles. The summed E-state index contributed by atoms with van der Waals surface area (Å²) in [5, 5.41) is 3.55. The average Bonchev–Trinajstić information content (AvgIpc) is 2.86. The van der Waals surface area contributed by atoms with Crippen LogP contribution in [0.15, 0.2) is 47.1 Å². The highest BCUT2D eigenvalue weighted by atomic mass is 19.1. The molecule has 0 aliphatic heterocycles. The van der Waals surface area contributed by atoms with Crippen LogP contribution < -0.4 is 5.32 Å². The summed E-state index contributed by atoms with van der Waals surface area (Å²) < 4.78 is 18.5. The SMILES string of the molecule is CC(NC1CC(c2cccc(F)c2)C1)c1ccco1. The van der Waals surface area contributed by atoms with Gasteiger partial charge in [0.2, 0.25) is 0 Å². The van der Waals surface area contributed by atoms with E-state index in [1.807, 2.05) is 18.2 Å². The Morgan fingerprint density at radius 2 is 2.11 bits per heavy atom. The van der Waals surface area contributed by atoms with Crippen LogP contribution in [-0.2, 0) is 0 Å². The lowest BCUT2D eigenvalue weighted by Gasteiger charge is -2.37. The molecule has 1 unspecified atom stereocenters. The molecular weight excluding hydrogens is 241 g/mol. The van der Waals surface area contributed by atoms with Crippen LogP contribution in [0, 0.1) is 5.82 Å². The number of nitrogens with one attached hydrogen (secondary N) is 1. The lowest BCUT2D eigenvalue weighted by atomic mass is 9.75. The minimum absolute atomic E-state index is 0.141. The molecule has 1 fully saturated rings. The van der Waals surface area contributed by atoms with E-state index < -0.39 is 0 Å². The van der Waals surface area contributed by atoms with Crippen molar-refractivity contribution in [3.8, 4) is 0 Å². The second kappa shape index (κ2) is 5.17. The third-order valence-corrected chi connectivity index (χ3v) is 3.91. The molecule has 1 aliphatic carbocycles. The third-order valence-electron chi connectivity index (χ3n) is 3.91. The van der Waals surface area contributed by atoms with Gasteiger partial charge in [0.15, 0.2) is 0 Å². The molecule has 3 heteroatoms. The highest BCUT2D eigenvalue weighted by molar-refractivity contribution is 5.24. The second-order valence-electron chi connectivity index (χ2n) is 5.32. The van der Waals surface area contributed by atoms with E-state index in [2.05, 4.69) is 12.2 Å².